The van der Waals surface area contributed by atoms with E-state index in [0.29, 0.717) is 11.1 Å². The molecule has 1 aliphatic rings. The van der Waals surface area contributed by atoms with E-state index >= 15 is 0 Å². The van der Waals surface area contributed by atoms with Crippen LogP contribution in [0.5, 0.6) is 0 Å². The molecule has 0 spiro atoms. The minimum Gasteiger partial charge on any atom is -0.353 e. The van der Waals surface area contributed by atoms with Crippen molar-refractivity contribution >= 4 is 67.8 Å². The first-order chi connectivity index (χ1) is 14.7. The maximum absolute atomic E-state index is 13.5. The molecule has 156 valence electrons. The van der Waals surface area contributed by atoms with Gasteiger partial charge in [0.1, 0.15) is 0 Å². The van der Waals surface area contributed by atoms with Crippen LogP contribution in [0.1, 0.15) is 27.6 Å². The average molecular weight is 433 g/mol. The minimum absolute atomic E-state index is 0. The molecule has 0 atom stereocenters. The fraction of sp³-hybridized carbons (Fsp3) is 0.167. The third-order valence-corrected chi connectivity index (χ3v) is 6.25. The fourth-order valence-electron chi connectivity index (χ4n) is 5.10. The van der Waals surface area contributed by atoms with E-state index in [1.165, 1.54) is 4.90 Å². The van der Waals surface area contributed by atoms with E-state index in [0.717, 1.165) is 50.2 Å². The Kier molecular flexibility index (Phi) is 4.32. The molecule has 3 N–H and O–H groups in total. The molecule has 3 heterocycles. The molecule has 7 heteroatoms. The van der Waals surface area contributed by atoms with Crippen molar-refractivity contribution in [1.82, 2.24) is 14.5 Å². The quantitative estimate of drug-likeness (QED) is 0.414. The highest BCUT2D eigenvalue weighted by Gasteiger charge is 2.40. The number of aromatic nitrogens is 2. The lowest BCUT2D eigenvalue weighted by atomic mass is 9.97. The zero-order valence-electron chi connectivity index (χ0n) is 16.9. The molecular formula is C24H21ClN4O2. The van der Waals surface area contributed by atoms with Crippen molar-refractivity contribution < 1.29 is 9.59 Å². The van der Waals surface area contributed by atoms with Crippen LogP contribution in [0.15, 0.2) is 48.5 Å². The van der Waals surface area contributed by atoms with Crippen LogP contribution in [0.4, 0.5) is 0 Å². The summed E-state index contributed by atoms with van der Waals surface area (Å²) in [4.78, 5) is 31.8. The molecule has 0 aliphatic carbocycles. The number of nitrogens with two attached hydrogens (primary N) is 1. The smallest absolute Gasteiger partial charge is 0.262 e. The maximum atomic E-state index is 13.5. The van der Waals surface area contributed by atoms with Crippen molar-refractivity contribution in [3.05, 3.63) is 59.7 Å². The van der Waals surface area contributed by atoms with Gasteiger partial charge in [0.2, 0.25) is 0 Å². The van der Waals surface area contributed by atoms with Gasteiger partial charge in [-0.05, 0) is 19.1 Å². The highest BCUT2D eigenvalue weighted by molar-refractivity contribution is 6.39. The zero-order valence-corrected chi connectivity index (χ0v) is 17.8. The second-order valence-electron chi connectivity index (χ2n) is 7.71. The summed E-state index contributed by atoms with van der Waals surface area (Å²) < 4.78 is 2.23. The molecule has 0 saturated carbocycles. The summed E-state index contributed by atoms with van der Waals surface area (Å²) in [5, 5.41) is 3.61. The molecule has 6 rings (SSSR count). The van der Waals surface area contributed by atoms with E-state index in [1.54, 1.807) is 0 Å². The number of nitrogens with one attached hydrogen (secondary N) is 1. The number of H-pyrrole nitrogens is 1. The SMILES string of the molecule is CCn1c2ccccc2c2c3c(c4c5ccccc5[nH]c4c21)C(=O)N(CCN)C3=O.Cl. The van der Waals surface area contributed by atoms with Crippen LogP contribution in [0, 0.1) is 0 Å². The molecule has 31 heavy (non-hydrogen) atoms. The molecule has 0 bridgehead atoms. The van der Waals surface area contributed by atoms with Gasteiger partial charge in [-0.2, -0.15) is 0 Å². The van der Waals surface area contributed by atoms with Gasteiger partial charge in [0.05, 0.1) is 22.2 Å². The monoisotopic (exact) mass is 432 g/mol. The van der Waals surface area contributed by atoms with E-state index in [1.807, 2.05) is 42.5 Å². The lowest BCUT2D eigenvalue weighted by Crippen LogP contribution is -2.34. The third-order valence-electron chi connectivity index (χ3n) is 6.25. The number of imide groups is 1. The summed E-state index contributed by atoms with van der Waals surface area (Å²) in [6, 6.07) is 16.0. The first-order valence-corrected chi connectivity index (χ1v) is 10.2. The molecule has 1 aliphatic heterocycles. The Labute approximate surface area is 184 Å². The van der Waals surface area contributed by atoms with Gasteiger partial charge in [0.15, 0.2) is 0 Å². The summed E-state index contributed by atoms with van der Waals surface area (Å²) >= 11 is 0. The number of fused-ring (bicyclic) bond motifs is 10. The topological polar surface area (TPSA) is 84.1 Å². The van der Waals surface area contributed by atoms with Crippen LogP contribution in [-0.2, 0) is 6.54 Å². The van der Waals surface area contributed by atoms with Crippen molar-refractivity contribution in [2.75, 3.05) is 13.1 Å². The van der Waals surface area contributed by atoms with Crippen molar-refractivity contribution in [1.29, 1.82) is 0 Å². The molecular weight excluding hydrogens is 412 g/mol. The highest BCUT2D eigenvalue weighted by atomic mass is 35.5. The Balaban J connectivity index is 0.00000204. The number of hydrogen-bond donors (Lipinski definition) is 2. The number of benzene rings is 3. The molecule has 2 amide bonds. The van der Waals surface area contributed by atoms with E-state index in [4.69, 9.17) is 5.73 Å². The van der Waals surface area contributed by atoms with Crippen molar-refractivity contribution in [2.24, 2.45) is 5.73 Å². The molecule has 0 unspecified atom stereocenters. The van der Waals surface area contributed by atoms with Gasteiger partial charge in [-0.3, -0.25) is 14.5 Å². The van der Waals surface area contributed by atoms with Crippen LogP contribution in [-0.4, -0.2) is 39.4 Å². The second kappa shape index (κ2) is 6.83. The van der Waals surface area contributed by atoms with Gasteiger partial charge >= 0.3 is 0 Å². The number of halogens is 1. The normalized spacial score (nSPS) is 13.7. The molecule has 6 nitrogen and oxygen atoms in total. The van der Waals surface area contributed by atoms with E-state index in [2.05, 4.69) is 22.5 Å². The molecule has 0 radical (unpaired) electrons. The lowest BCUT2D eigenvalue weighted by Gasteiger charge is -2.11. The first-order valence-electron chi connectivity index (χ1n) is 10.2. The number of carbonyl (C=O) groups excluding carboxylic acids is 2. The summed E-state index contributed by atoms with van der Waals surface area (Å²) in [5.41, 5.74) is 10.6. The standard InChI is InChI=1S/C24H20N4O2.ClH/c1-2-27-16-10-6-4-8-14(16)18-20-19(23(29)28(12-11-25)24(20)30)17-13-7-3-5-9-15(13)26-21(17)22(18)27;/h3-10,26H,2,11-12,25H2,1H3;1H. The number of rotatable bonds is 3. The number of aromatic amines is 1. The van der Waals surface area contributed by atoms with Gasteiger partial charge in [0, 0.05) is 52.2 Å². The number of carbonyl (C=O) groups is 2. The Morgan fingerprint density at radius 3 is 2.26 bits per heavy atom. The third kappa shape index (κ3) is 2.31. The maximum Gasteiger partial charge on any atom is 0.262 e. The lowest BCUT2D eigenvalue weighted by molar-refractivity contribution is 0.0660. The summed E-state index contributed by atoms with van der Waals surface area (Å²) in [6.07, 6.45) is 0. The average Bonchev–Trinajstić information content (AvgIpc) is 3.38. The van der Waals surface area contributed by atoms with Crippen LogP contribution < -0.4 is 5.73 Å². The molecule has 0 saturated heterocycles. The predicted molar refractivity (Wildman–Crippen MR) is 126 cm³/mol. The fourth-order valence-corrected chi connectivity index (χ4v) is 5.10. The van der Waals surface area contributed by atoms with Gasteiger partial charge in [-0.15, -0.1) is 12.4 Å². The van der Waals surface area contributed by atoms with Crippen molar-refractivity contribution in [2.45, 2.75) is 13.5 Å². The van der Waals surface area contributed by atoms with Crippen LogP contribution in [0.25, 0.3) is 43.6 Å². The number of nitrogens with zero attached hydrogens (tertiary/aromatic N) is 2. The van der Waals surface area contributed by atoms with Crippen LogP contribution >= 0.6 is 12.4 Å². The first kappa shape index (κ1) is 19.6. The Bertz CT molecular complexity index is 1550. The van der Waals surface area contributed by atoms with E-state index < -0.39 is 0 Å². The number of aryl methyl sites for hydroxylation is 1. The van der Waals surface area contributed by atoms with Crippen molar-refractivity contribution in [3.63, 3.8) is 0 Å². The zero-order chi connectivity index (χ0) is 20.6. The Hall–Kier alpha value is -3.35. The van der Waals surface area contributed by atoms with Gasteiger partial charge in [0.25, 0.3) is 11.8 Å². The number of para-hydroxylation sites is 2. The largest absolute Gasteiger partial charge is 0.353 e. The Morgan fingerprint density at radius 2 is 1.55 bits per heavy atom. The predicted octanol–water partition coefficient (Wildman–Crippen LogP) is 4.43. The Morgan fingerprint density at radius 1 is 0.903 bits per heavy atom. The highest BCUT2D eigenvalue weighted by Crippen LogP contribution is 2.44. The van der Waals surface area contributed by atoms with Gasteiger partial charge in [-0.1, -0.05) is 36.4 Å². The summed E-state index contributed by atoms with van der Waals surface area (Å²) in [7, 11) is 0. The van der Waals surface area contributed by atoms with E-state index in [-0.39, 0.29) is 37.3 Å². The molecule has 2 aromatic heterocycles. The molecule has 0 fully saturated rings. The van der Waals surface area contributed by atoms with Crippen LogP contribution in [0.2, 0.25) is 0 Å². The van der Waals surface area contributed by atoms with Gasteiger partial charge < -0.3 is 15.3 Å². The summed E-state index contributed by atoms with van der Waals surface area (Å²) in [5.74, 6) is -0.512. The van der Waals surface area contributed by atoms with Crippen LogP contribution in [0.3, 0.4) is 0 Å². The second-order valence-corrected chi connectivity index (χ2v) is 7.71. The van der Waals surface area contributed by atoms with Gasteiger partial charge in [-0.25, -0.2) is 0 Å². The molecule has 5 aromatic rings. The molecule has 3 aromatic carbocycles. The number of amides is 2. The van der Waals surface area contributed by atoms with Crippen molar-refractivity contribution in [3.8, 4) is 0 Å². The van der Waals surface area contributed by atoms with E-state index in [9.17, 15) is 9.59 Å². The minimum atomic E-state index is -0.259. The number of hydrogen-bond acceptors (Lipinski definition) is 3. The summed E-state index contributed by atoms with van der Waals surface area (Å²) in [6.45, 7) is 3.30.